The number of carboxylic acids is 2. The number of aromatic carboxylic acids is 1. The Labute approximate surface area is 127 Å². The molecule has 2 N–H and O–H groups in total. The van der Waals surface area contributed by atoms with Crippen molar-refractivity contribution in [3.05, 3.63) is 23.9 Å². The lowest BCUT2D eigenvalue weighted by Crippen LogP contribution is -2.57. The lowest BCUT2D eigenvalue weighted by Gasteiger charge is -2.40. The molecule has 0 aliphatic carbocycles. The maximum atomic E-state index is 12.7. The average molecular weight is 328 g/mol. The molecule has 120 valence electrons. The molecule has 8 nitrogen and oxygen atoms in total. The van der Waals surface area contributed by atoms with Gasteiger partial charge in [-0.15, -0.1) is 0 Å². The number of hydrogen-bond donors (Lipinski definition) is 2. The van der Waals surface area contributed by atoms with E-state index in [9.17, 15) is 23.1 Å². The van der Waals surface area contributed by atoms with E-state index in [1.54, 1.807) is 0 Å². The Morgan fingerprint density at radius 3 is 2.59 bits per heavy atom. The molecule has 0 saturated carbocycles. The molecule has 0 bridgehead atoms. The number of aromatic nitrogens is 1. The van der Waals surface area contributed by atoms with Crippen LogP contribution in [-0.4, -0.2) is 51.9 Å². The Morgan fingerprint density at radius 2 is 2.00 bits per heavy atom. The van der Waals surface area contributed by atoms with Crippen LogP contribution in [0.4, 0.5) is 0 Å². The standard InChI is InChI=1S/C13H16N2O6S/c1-13(12(18)19)5-2-3-7-15(13)22(20,21)10-8-9(11(16)17)4-6-14-10/h4,6,8H,2-3,5,7H2,1H3,(H,16,17)(H,18,19). The van der Waals surface area contributed by atoms with Gasteiger partial charge in [-0.1, -0.05) is 0 Å². The van der Waals surface area contributed by atoms with Crippen LogP contribution in [0.5, 0.6) is 0 Å². The zero-order chi connectivity index (χ0) is 16.5. The smallest absolute Gasteiger partial charge is 0.335 e. The fourth-order valence-corrected chi connectivity index (χ4v) is 4.26. The number of nitrogens with zero attached hydrogens (tertiary/aromatic N) is 2. The molecule has 0 amide bonds. The van der Waals surface area contributed by atoms with E-state index in [4.69, 9.17) is 5.11 Å². The maximum absolute atomic E-state index is 12.7. The highest BCUT2D eigenvalue weighted by Gasteiger charge is 2.48. The first-order chi connectivity index (χ1) is 10.2. The Bertz CT molecular complexity index is 717. The summed E-state index contributed by atoms with van der Waals surface area (Å²) in [6.45, 7) is 1.41. The van der Waals surface area contributed by atoms with Crippen LogP contribution in [0, 0.1) is 0 Å². The van der Waals surface area contributed by atoms with Gasteiger partial charge in [0.1, 0.15) is 5.54 Å². The number of pyridine rings is 1. The van der Waals surface area contributed by atoms with Crippen molar-refractivity contribution in [2.45, 2.75) is 36.8 Å². The number of aliphatic carboxylic acids is 1. The van der Waals surface area contributed by atoms with Crippen LogP contribution in [-0.2, 0) is 14.8 Å². The molecule has 1 atom stereocenters. The number of sulfonamides is 1. The zero-order valence-electron chi connectivity index (χ0n) is 11.9. The van der Waals surface area contributed by atoms with E-state index in [0.717, 1.165) is 16.6 Å². The van der Waals surface area contributed by atoms with Crippen molar-refractivity contribution in [1.82, 2.24) is 9.29 Å². The molecule has 0 spiro atoms. The first-order valence-electron chi connectivity index (χ1n) is 6.65. The lowest BCUT2D eigenvalue weighted by molar-refractivity contribution is -0.149. The van der Waals surface area contributed by atoms with Crippen LogP contribution in [0.25, 0.3) is 0 Å². The van der Waals surface area contributed by atoms with Crippen LogP contribution >= 0.6 is 0 Å². The highest BCUT2D eigenvalue weighted by atomic mass is 32.2. The van der Waals surface area contributed by atoms with Gasteiger partial charge in [-0.3, -0.25) is 4.79 Å². The second kappa shape index (κ2) is 5.65. The van der Waals surface area contributed by atoms with E-state index < -0.39 is 32.5 Å². The second-order valence-corrected chi connectivity index (χ2v) is 7.11. The molecule has 1 fully saturated rings. The number of carboxylic acid groups (broad SMARTS) is 2. The fourth-order valence-electron chi connectivity index (χ4n) is 2.49. The molecule has 0 aromatic carbocycles. The van der Waals surface area contributed by atoms with Gasteiger partial charge in [-0.25, -0.2) is 18.2 Å². The molecule has 1 aliphatic rings. The minimum absolute atomic E-state index is 0.0596. The van der Waals surface area contributed by atoms with Gasteiger partial charge >= 0.3 is 11.9 Å². The molecule has 1 aliphatic heterocycles. The average Bonchev–Trinajstić information content (AvgIpc) is 2.47. The topological polar surface area (TPSA) is 125 Å². The SMILES string of the molecule is CC1(C(=O)O)CCCCN1S(=O)(=O)c1cc(C(=O)O)ccn1. The van der Waals surface area contributed by atoms with E-state index in [-0.39, 0.29) is 18.5 Å². The Morgan fingerprint density at radius 1 is 1.32 bits per heavy atom. The molecular formula is C13H16N2O6S. The summed E-state index contributed by atoms with van der Waals surface area (Å²) in [5, 5.41) is 17.9. The molecule has 22 heavy (non-hydrogen) atoms. The highest BCUT2D eigenvalue weighted by molar-refractivity contribution is 7.89. The summed E-state index contributed by atoms with van der Waals surface area (Å²) in [6.07, 6.45) is 2.43. The lowest BCUT2D eigenvalue weighted by atomic mass is 9.91. The fraction of sp³-hybridized carbons (Fsp3) is 0.462. The summed E-state index contributed by atoms with van der Waals surface area (Å²) in [5.74, 6) is -2.51. The molecule has 1 aromatic rings. The normalized spacial score (nSPS) is 23.1. The summed E-state index contributed by atoms with van der Waals surface area (Å²) >= 11 is 0. The summed E-state index contributed by atoms with van der Waals surface area (Å²) in [5.41, 5.74) is -1.78. The maximum Gasteiger partial charge on any atom is 0.335 e. The minimum atomic E-state index is -4.19. The van der Waals surface area contributed by atoms with E-state index in [0.29, 0.717) is 12.8 Å². The van der Waals surface area contributed by atoms with Gasteiger partial charge in [0.05, 0.1) is 5.56 Å². The Balaban J connectivity index is 2.51. The third-order valence-corrected chi connectivity index (χ3v) is 5.74. The van der Waals surface area contributed by atoms with Crippen molar-refractivity contribution in [1.29, 1.82) is 0 Å². The third kappa shape index (κ3) is 2.69. The number of piperidine rings is 1. The summed E-state index contributed by atoms with van der Waals surface area (Å²) in [4.78, 5) is 26.2. The van der Waals surface area contributed by atoms with Crippen molar-refractivity contribution in [2.75, 3.05) is 6.54 Å². The molecule has 1 saturated heterocycles. The summed E-state index contributed by atoms with van der Waals surface area (Å²) in [7, 11) is -4.19. The minimum Gasteiger partial charge on any atom is -0.480 e. The Hall–Kier alpha value is -2.00. The molecule has 2 heterocycles. The third-order valence-electron chi connectivity index (χ3n) is 3.82. The summed E-state index contributed by atoms with van der Waals surface area (Å²) in [6, 6.07) is 2.11. The van der Waals surface area contributed by atoms with E-state index in [1.165, 1.54) is 13.0 Å². The van der Waals surface area contributed by atoms with E-state index >= 15 is 0 Å². The zero-order valence-corrected chi connectivity index (χ0v) is 12.7. The van der Waals surface area contributed by atoms with Gasteiger partial charge in [0, 0.05) is 12.7 Å². The number of carbonyl (C=O) groups is 2. The Kier molecular flexibility index (Phi) is 4.21. The van der Waals surface area contributed by atoms with Crippen LogP contribution in [0.1, 0.15) is 36.5 Å². The van der Waals surface area contributed by atoms with Crippen molar-refractivity contribution < 1.29 is 28.2 Å². The van der Waals surface area contributed by atoms with Crippen molar-refractivity contribution in [3.63, 3.8) is 0 Å². The highest BCUT2D eigenvalue weighted by Crippen LogP contribution is 2.33. The van der Waals surface area contributed by atoms with Gasteiger partial charge in [-0.05, 0) is 38.3 Å². The quantitative estimate of drug-likeness (QED) is 0.837. The van der Waals surface area contributed by atoms with Crippen LogP contribution in [0.15, 0.2) is 23.4 Å². The molecule has 1 unspecified atom stereocenters. The first-order valence-corrected chi connectivity index (χ1v) is 8.09. The van der Waals surface area contributed by atoms with Gasteiger partial charge in [0.2, 0.25) is 0 Å². The summed E-state index contributed by atoms with van der Waals surface area (Å²) < 4.78 is 26.3. The molecule has 1 aromatic heterocycles. The largest absolute Gasteiger partial charge is 0.480 e. The van der Waals surface area contributed by atoms with Crippen molar-refractivity contribution in [2.24, 2.45) is 0 Å². The van der Waals surface area contributed by atoms with Gasteiger partial charge in [-0.2, -0.15) is 4.31 Å². The van der Waals surface area contributed by atoms with Gasteiger partial charge in [0.15, 0.2) is 5.03 Å². The predicted molar refractivity (Wildman–Crippen MR) is 75.0 cm³/mol. The van der Waals surface area contributed by atoms with Crippen molar-refractivity contribution >= 4 is 22.0 Å². The van der Waals surface area contributed by atoms with Crippen LogP contribution in [0.3, 0.4) is 0 Å². The molecular weight excluding hydrogens is 312 g/mol. The molecule has 9 heteroatoms. The molecule has 2 rings (SSSR count). The number of hydrogen-bond acceptors (Lipinski definition) is 5. The van der Waals surface area contributed by atoms with E-state index in [2.05, 4.69) is 4.98 Å². The van der Waals surface area contributed by atoms with Gasteiger partial charge < -0.3 is 10.2 Å². The van der Waals surface area contributed by atoms with Crippen LogP contribution in [0.2, 0.25) is 0 Å². The number of rotatable bonds is 4. The predicted octanol–water partition coefficient (Wildman–Crippen LogP) is 0.798. The van der Waals surface area contributed by atoms with E-state index in [1.807, 2.05) is 0 Å². The van der Waals surface area contributed by atoms with Crippen LogP contribution < -0.4 is 0 Å². The van der Waals surface area contributed by atoms with Gasteiger partial charge in [0.25, 0.3) is 10.0 Å². The second-order valence-electron chi connectivity index (χ2n) is 5.30. The molecule has 0 radical (unpaired) electrons. The first kappa shape index (κ1) is 16.4. The van der Waals surface area contributed by atoms with Crippen molar-refractivity contribution in [3.8, 4) is 0 Å². The monoisotopic (exact) mass is 328 g/mol.